The van der Waals surface area contributed by atoms with Gasteiger partial charge in [0.25, 0.3) is 0 Å². The first-order chi connectivity index (χ1) is 12.8. The molecule has 0 bridgehead atoms. The van der Waals surface area contributed by atoms with E-state index < -0.39 is 0 Å². The van der Waals surface area contributed by atoms with Gasteiger partial charge in [-0.05, 0) is 50.8 Å². The lowest BCUT2D eigenvalue weighted by Crippen LogP contribution is -2.50. The molecule has 1 fully saturated rings. The van der Waals surface area contributed by atoms with Gasteiger partial charge in [-0.25, -0.2) is 4.79 Å². The summed E-state index contributed by atoms with van der Waals surface area (Å²) < 4.78 is 5.02. The zero-order valence-electron chi connectivity index (χ0n) is 16.6. The summed E-state index contributed by atoms with van der Waals surface area (Å²) in [7, 11) is 0. The summed E-state index contributed by atoms with van der Waals surface area (Å²) in [6.45, 7) is 8.59. The molecule has 7 nitrogen and oxygen atoms in total. The predicted molar refractivity (Wildman–Crippen MR) is 104 cm³/mol. The highest BCUT2D eigenvalue weighted by atomic mass is 16.6. The lowest BCUT2D eigenvalue weighted by molar-refractivity contribution is -0.136. The molecule has 1 aliphatic heterocycles. The summed E-state index contributed by atoms with van der Waals surface area (Å²) >= 11 is 0. The number of benzene rings is 1. The van der Waals surface area contributed by atoms with Gasteiger partial charge in [0.05, 0.1) is 6.61 Å². The van der Waals surface area contributed by atoms with Crippen LogP contribution in [0, 0.1) is 13.8 Å². The SMILES string of the molecule is CCOC(=O)N1CCC(N(CC(=O)Nc2cccc(C)c2C)C(C)=O)CC1. The van der Waals surface area contributed by atoms with Crippen molar-refractivity contribution >= 4 is 23.6 Å². The van der Waals surface area contributed by atoms with Gasteiger partial charge in [-0.15, -0.1) is 0 Å². The van der Waals surface area contributed by atoms with Crippen LogP contribution in [-0.2, 0) is 14.3 Å². The topological polar surface area (TPSA) is 79.0 Å². The average molecular weight is 375 g/mol. The Morgan fingerprint density at radius 1 is 1.22 bits per heavy atom. The lowest BCUT2D eigenvalue weighted by Gasteiger charge is -2.37. The molecule has 1 aliphatic rings. The molecule has 1 N–H and O–H groups in total. The summed E-state index contributed by atoms with van der Waals surface area (Å²) in [5.41, 5.74) is 2.88. The van der Waals surface area contributed by atoms with Gasteiger partial charge in [0, 0.05) is 31.7 Å². The number of piperidine rings is 1. The number of likely N-dealkylation sites (tertiary alicyclic amines) is 1. The van der Waals surface area contributed by atoms with Crippen LogP contribution in [0.15, 0.2) is 18.2 Å². The molecule has 1 heterocycles. The highest BCUT2D eigenvalue weighted by Crippen LogP contribution is 2.20. The standard InChI is InChI=1S/C20H29N3O4/c1-5-27-20(26)22-11-9-17(10-12-22)23(16(4)24)13-19(25)21-18-8-6-7-14(2)15(18)3/h6-8,17H,5,9-13H2,1-4H3,(H,21,25). The Kier molecular flexibility index (Phi) is 7.21. The maximum absolute atomic E-state index is 12.5. The molecular formula is C20H29N3O4. The molecule has 0 unspecified atom stereocenters. The van der Waals surface area contributed by atoms with Gasteiger partial charge in [-0.3, -0.25) is 9.59 Å². The Bertz CT molecular complexity index is 696. The zero-order valence-corrected chi connectivity index (χ0v) is 16.6. The van der Waals surface area contributed by atoms with Crippen molar-refractivity contribution in [3.63, 3.8) is 0 Å². The normalized spacial score (nSPS) is 14.6. The second-order valence-corrected chi connectivity index (χ2v) is 6.86. The average Bonchev–Trinajstić information content (AvgIpc) is 2.64. The minimum atomic E-state index is -0.321. The Morgan fingerprint density at radius 2 is 1.89 bits per heavy atom. The summed E-state index contributed by atoms with van der Waals surface area (Å²) in [6.07, 6.45) is 0.947. The summed E-state index contributed by atoms with van der Waals surface area (Å²) in [4.78, 5) is 39.7. The number of aryl methyl sites for hydroxylation is 1. The van der Waals surface area contributed by atoms with Crippen LogP contribution in [0.1, 0.15) is 37.8 Å². The number of nitrogens with zero attached hydrogens (tertiary/aromatic N) is 2. The summed E-state index contributed by atoms with van der Waals surface area (Å²) in [5.74, 6) is -0.354. The summed E-state index contributed by atoms with van der Waals surface area (Å²) in [6, 6.07) is 5.68. The molecule has 0 aromatic heterocycles. The third-order valence-corrected chi connectivity index (χ3v) is 5.03. The van der Waals surface area contributed by atoms with Crippen LogP contribution in [0.4, 0.5) is 10.5 Å². The monoisotopic (exact) mass is 375 g/mol. The summed E-state index contributed by atoms with van der Waals surface area (Å²) in [5, 5.41) is 2.90. The fourth-order valence-corrected chi connectivity index (χ4v) is 3.30. The fourth-order valence-electron chi connectivity index (χ4n) is 3.30. The van der Waals surface area contributed by atoms with E-state index in [1.54, 1.807) is 16.7 Å². The first-order valence-electron chi connectivity index (χ1n) is 9.38. The predicted octanol–water partition coefficient (Wildman–Crippen LogP) is 2.71. The number of ether oxygens (including phenoxy) is 1. The van der Waals surface area contributed by atoms with E-state index in [4.69, 9.17) is 4.74 Å². The Balaban J connectivity index is 1.96. The molecule has 1 saturated heterocycles. The highest BCUT2D eigenvalue weighted by Gasteiger charge is 2.30. The molecule has 1 aromatic rings. The first-order valence-corrected chi connectivity index (χ1v) is 9.38. The maximum atomic E-state index is 12.5. The van der Waals surface area contributed by atoms with E-state index in [0.717, 1.165) is 16.8 Å². The fraction of sp³-hybridized carbons (Fsp3) is 0.550. The molecule has 0 saturated carbocycles. The number of carbonyl (C=O) groups is 3. The minimum absolute atomic E-state index is 0.00673. The van der Waals surface area contributed by atoms with Crippen LogP contribution in [0.25, 0.3) is 0 Å². The van der Waals surface area contributed by atoms with Crippen molar-refractivity contribution in [3.8, 4) is 0 Å². The number of anilines is 1. The molecule has 0 atom stereocenters. The number of hydrogen-bond acceptors (Lipinski definition) is 4. The van der Waals surface area contributed by atoms with Crippen molar-refractivity contribution in [1.82, 2.24) is 9.80 Å². The molecule has 148 valence electrons. The van der Waals surface area contributed by atoms with Crippen LogP contribution in [0.2, 0.25) is 0 Å². The molecule has 2 rings (SSSR count). The van der Waals surface area contributed by atoms with Gasteiger partial charge < -0.3 is 19.9 Å². The quantitative estimate of drug-likeness (QED) is 0.858. The largest absolute Gasteiger partial charge is 0.450 e. The van der Waals surface area contributed by atoms with Crippen molar-refractivity contribution in [3.05, 3.63) is 29.3 Å². The highest BCUT2D eigenvalue weighted by molar-refractivity contribution is 5.95. The Labute approximate surface area is 160 Å². The molecule has 7 heteroatoms. The smallest absolute Gasteiger partial charge is 0.409 e. The minimum Gasteiger partial charge on any atom is -0.450 e. The first kappa shape index (κ1) is 20.7. The number of carbonyl (C=O) groups excluding carboxylic acids is 3. The third-order valence-electron chi connectivity index (χ3n) is 5.03. The molecule has 1 aromatic carbocycles. The van der Waals surface area contributed by atoms with Crippen LogP contribution >= 0.6 is 0 Å². The van der Waals surface area contributed by atoms with Crippen LogP contribution in [-0.4, -0.2) is 60.0 Å². The van der Waals surface area contributed by atoms with E-state index in [2.05, 4.69) is 5.32 Å². The van der Waals surface area contributed by atoms with Gasteiger partial charge in [0.15, 0.2) is 0 Å². The molecular weight excluding hydrogens is 346 g/mol. The molecule has 0 radical (unpaired) electrons. The number of nitrogens with one attached hydrogen (secondary N) is 1. The number of hydrogen-bond donors (Lipinski definition) is 1. The number of amides is 3. The van der Waals surface area contributed by atoms with E-state index >= 15 is 0 Å². The Morgan fingerprint density at radius 3 is 2.48 bits per heavy atom. The molecule has 3 amide bonds. The van der Waals surface area contributed by atoms with Crippen molar-refractivity contribution in [2.75, 3.05) is 31.6 Å². The zero-order chi connectivity index (χ0) is 20.0. The van der Waals surface area contributed by atoms with Crippen LogP contribution < -0.4 is 5.32 Å². The van der Waals surface area contributed by atoms with Crippen molar-refractivity contribution in [1.29, 1.82) is 0 Å². The Hall–Kier alpha value is -2.57. The van der Waals surface area contributed by atoms with Gasteiger partial charge in [-0.2, -0.15) is 0 Å². The van der Waals surface area contributed by atoms with Gasteiger partial charge in [-0.1, -0.05) is 12.1 Å². The van der Waals surface area contributed by atoms with E-state index in [-0.39, 0.29) is 30.5 Å². The molecule has 0 spiro atoms. The van der Waals surface area contributed by atoms with E-state index in [1.165, 1.54) is 6.92 Å². The van der Waals surface area contributed by atoms with E-state index in [9.17, 15) is 14.4 Å². The van der Waals surface area contributed by atoms with Gasteiger partial charge in [0.2, 0.25) is 11.8 Å². The lowest BCUT2D eigenvalue weighted by atomic mass is 10.0. The second kappa shape index (κ2) is 9.39. The van der Waals surface area contributed by atoms with Crippen molar-refractivity contribution < 1.29 is 19.1 Å². The maximum Gasteiger partial charge on any atom is 0.409 e. The van der Waals surface area contributed by atoms with Crippen molar-refractivity contribution in [2.45, 2.75) is 46.6 Å². The van der Waals surface area contributed by atoms with Gasteiger partial charge >= 0.3 is 6.09 Å². The third kappa shape index (κ3) is 5.45. The van der Waals surface area contributed by atoms with Crippen molar-refractivity contribution in [2.24, 2.45) is 0 Å². The second-order valence-electron chi connectivity index (χ2n) is 6.86. The van der Waals surface area contributed by atoms with Crippen LogP contribution in [0.5, 0.6) is 0 Å². The molecule has 0 aliphatic carbocycles. The van der Waals surface area contributed by atoms with Crippen LogP contribution in [0.3, 0.4) is 0 Å². The van der Waals surface area contributed by atoms with E-state index in [1.807, 2.05) is 32.0 Å². The van der Waals surface area contributed by atoms with Gasteiger partial charge in [0.1, 0.15) is 6.54 Å². The number of rotatable bonds is 5. The van der Waals surface area contributed by atoms with E-state index in [0.29, 0.717) is 32.5 Å². The molecule has 27 heavy (non-hydrogen) atoms.